The molecule has 6 nitrogen and oxygen atoms in total. The molecule has 17 heavy (non-hydrogen) atoms. The minimum absolute atomic E-state index is 0.0965. The Morgan fingerprint density at radius 1 is 1.53 bits per heavy atom. The molecular formula is C10H9ClN4O2. The van der Waals surface area contributed by atoms with Crippen LogP contribution in [0.4, 0.5) is 11.4 Å². The van der Waals surface area contributed by atoms with Gasteiger partial charge >= 0.3 is 0 Å². The summed E-state index contributed by atoms with van der Waals surface area (Å²) in [5, 5.41) is 15.2. The van der Waals surface area contributed by atoms with Gasteiger partial charge in [-0.25, -0.2) is 0 Å². The van der Waals surface area contributed by atoms with Gasteiger partial charge in [0.25, 0.3) is 5.69 Å². The monoisotopic (exact) mass is 252 g/mol. The topological polar surface area (TPSA) is 87.0 Å². The van der Waals surface area contributed by atoms with E-state index in [9.17, 15) is 10.1 Å². The minimum Gasteiger partial charge on any atom is -0.393 e. The maximum atomic E-state index is 10.7. The molecule has 0 aliphatic rings. The van der Waals surface area contributed by atoms with Crippen molar-refractivity contribution in [1.82, 2.24) is 9.78 Å². The lowest BCUT2D eigenvalue weighted by Gasteiger charge is -2.05. The molecule has 0 unspecified atom stereocenters. The number of anilines is 1. The number of nitrogens with zero attached hydrogens (tertiary/aromatic N) is 3. The van der Waals surface area contributed by atoms with E-state index in [-0.39, 0.29) is 11.4 Å². The van der Waals surface area contributed by atoms with Gasteiger partial charge in [0, 0.05) is 17.8 Å². The summed E-state index contributed by atoms with van der Waals surface area (Å²) >= 11 is 5.73. The average molecular weight is 253 g/mol. The Morgan fingerprint density at radius 2 is 2.29 bits per heavy atom. The molecule has 0 saturated heterocycles. The Balaban J connectivity index is 2.33. The molecule has 0 aliphatic heterocycles. The molecule has 2 rings (SSSR count). The predicted octanol–water partition coefficient (Wildman–Crippen LogP) is 2.08. The van der Waals surface area contributed by atoms with Gasteiger partial charge in [-0.3, -0.25) is 14.8 Å². The van der Waals surface area contributed by atoms with Crippen LogP contribution in [0, 0.1) is 10.1 Å². The summed E-state index contributed by atoms with van der Waals surface area (Å²) in [7, 11) is 0. The summed E-state index contributed by atoms with van der Waals surface area (Å²) < 4.78 is 1.57. The van der Waals surface area contributed by atoms with Crippen LogP contribution in [0.1, 0.15) is 5.56 Å². The average Bonchev–Trinajstić information content (AvgIpc) is 2.67. The van der Waals surface area contributed by atoms with Crippen LogP contribution in [0.5, 0.6) is 0 Å². The second-order valence-electron chi connectivity index (χ2n) is 3.46. The van der Waals surface area contributed by atoms with Gasteiger partial charge in [0.15, 0.2) is 0 Å². The van der Waals surface area contributed by atoms with Crippen molar-refractivity contribution >= 4 is 23.0 Å². The second kappa shape index (κ2) is 4.42. The molecule has 2 N–H and O–H groups in total. The van der Waals surface area contributed by atoms with Crippen LogP contribution in [0.15, 0.2) is 30.6 Å². The number of aromatic nitrogens is 2. The number of nitro groups is 1. The third-order valence-corrected chi connectivity index (χ3v) is 2.50. The van der Waals surface area contributed by atoms with Gasteiger partial charge in [0.2, 0.25) is 0 Å². The zero-order chi connectivity index (χ0) is 12.4. The fourth-order valence-electron chi connectivity index (χ4n) is 1.50. The predicted molar refractivity (Wildman–Crippen MR) is 63.8 cm³/mol. The van der Waals surface area contributed by atoms with Crippen molar-refractivity contribution in [3.8, 4) is 0 Å². The van der Waals surface area contributed by atoms with E-state index >= 15 is 0 Å². The molecular weight excluding hydrogens is 244 g/mol. The fourth-order valence-corrected chi connectivity index (χ4v) is 1.65. The Labute approximate surface area is 102 Å². The molecule has 0 atom stereocenters. The molecule has 0 amide bonds. The Hall–Kier alpha value is -2.08. The molecule has 2 aromatic rings. The molecule has 0 spiro atoms. The molecule has 1 heterocycles. The molecule has 1 aromatic heterocycles. The summed E-state index contributed by atoms with van der Waals surface area (Å²) in [6.45, 7) is 0.347. The molecule has 0 bridgehead atoms. The highest BCUT2D eigenvalue weighted by atomic mass is 35.5. The largest absolute Gasteiger partial charge is 0.393 e. The van der Waals surface area contributed by atoms with Crippen LogP contribution in [-0.4, -0.2) is 14.7 Å². The number of halogens is 1. The van der Waals surface area contributed by atoms with Crippen molar-refractivity contribution in [2.24, 2.45) is 0 Å². The van der Waals surface area contributed by atoms with Gasteiger partial charge in [0.1, 0.15) is 5.69 Å². The maximum absolute atomic E-state index is 10.7. The maximum Gasteiger partial charge on any atom is 0.292 e. The van der Waals surface area contributed by atoms with E-state index in [1.165, 1.54) is 12.3 Å². The highest BCUT2D eigenvalue weighted by molar-refractivity contribution is 6.30. The van der Waals surface area contributed by atoms with E-state index in [0.717, 1.165) is 0 Å². The van der Waals surface area contributed by atoms with E-state index in [1.807, 2.05) is 0 Å². The SMILES string of the molecule is Nc1c(Cn2cc(Cl)cn2)cccc1[N+](=O)[O-]. The lowest BCUT2D eigenvalue weighted by atomic mass is 10.1. The summed E-state index contributed by atoms with van der Waals surface area (Å²) in [5.74, 6) is 0. The van der Waals surface area contributed by atoms with E-state index in [0.29, 0.717) is 17.1 Å². The van der Waals surface area contributed by atoms with Crippen molar-refractivity contribution in [2.75, 3.05) is 5.73 Å². The Kier molecular flexibility index (Phi) is 2.97. The highest BCUT2D eigenvalue weighted by Gasteiger charge is 2.14. The summed E-state index contributed by atoms with van der Waals surface area (Å²) in [4.78, 5) is 10.2. The van der Waals surface area contributed by atoms with Gasteiger partial charge in [-0.15, -0.1) is 0 Å². The first kappa shape index (κ1) is 11.4. The van der Waals surface area contributed by atoms with E-state index in [4.69, 9.17) is 17.3 Å². The highest BCUT2D eigenvalue weighted by Crippen LogP contribution is 2.25. The third kappa shape index (κ3) is 2.36. The van der Waals surface area contributed by atoms with Crippen LogP contribution in [0.2, 0.25) is 5.02 Å². The van der Waals surface area contributed by atoms with Crippen molar-refractivity contribution < 1.29 is 4.92 Å². The Bertz CT molecular complexity index is 567. The lowest BCUT2D eigenvalue weighted by Crippen LogP contribution is -2.05. The van der Waals surface area contributed by atoms with Crippen LogP contribution in [0.25, 0.3) is 0 Å². The van der Waals surface area contributed by atoms with Crippen molar-refractivity contribution in [3.05, 3.63) is 51.3 Å². The standard InChI is InChI=1S/C10H9ClN4O2/c11-8-4-13-14(6-8)5-7-2-1-3-9(10(7)12)15(16)17/h1-4,6H,5,12H2. The summed E-state index contributed by atoms with van der Waals surface area (Å²) in [6, 6.07) is 4.68. The number of rotatable bonds is 3. The summed E-state index contributed by atoms with van der Waals surface area (Å²) in [6.07, 6.45) is 3.12. The van der Waals surface area contributed by atoms with Gasteiger partial charge in [-0.05, 0) is 0 Å². The van der Waals surface area contributed by atoms with E-state index in [1.54, 1.807) is 23.0 Å². The Morgan fingerprint density at radius 3 is 2.88 bits per heavy atom. The van der Waals surface area contributed by atoms with Crippen molar-refractivity contribution in [3.63, 3.8) is 0 Å². The first-order chi connectivity index (χ1) is 8.08. The smallest absolute Gasteiger partial charge is 0.292 e. The quantitative estimate of drug-likeness (QED) is 0.515. The number of nitrogens with two attached hydrogens (primary N) is 1. The molecule has 0 fully saturated rings. The third-order valence-electron chi connectivity index (χ3n) is 2.30. The molecule has 88 valence electrons. The van der Waals surface area contributed by atoms with Crippen LogP contribution < -0.4 is 5.73 Å². The number of hydrogen-bond donors (Lipinski definition) is 1. The van der Waals surface area contributed by atoms with Crippen LogP contribution in [0.3, 0.4) is 0 Å². The lowest BCUT2D eigenvalue weighted by molar-refractivity contribution is -0.383. The zero-order valence-corrected chi connectivity index (χ0v) is 9.46. The number of para-hydroxylation sites is 1. The molecule has 0 saturated carbocycles. The molecule has 0 radical (unpaired) electrons. The number of benzene rings is 1. The van der Waals surface area contributed by atoms with Crippen LogP contribution >= 0.6 is 11.6 Å². The van der Waals surface area contributed by atoms with Gasteiger partial charge < -0.3 is 5.73 Å². The van der Waals surface area contributed by atoms with Gasteiger partial charge in [0.05, 0.1) is 22.7 Å². The van der Waals surface area contributed by atoms with Gasteiger partial charge in [-0.1, -0.05) is 23.7 Å². The van der Waals surface area contributed by atoms with Crippen molar-refractivity contribution in [2.45, 2.75) is 6.54 Å². The van der Waals surface area contributed by atoms with E-state index < -0.39 is 4.92 Å². The number of hydrogen-bond acceptors (Lipinski definition) is 4. The van der Waals surface area contributed by atoms with Crippen molar-refractivity contribution in [1.29, 1.82) is 0 Å². The number of nitro benzene ring substituents is 1. The first-order valence-corrected chi connectivity index (χ1v) is 5.15. The first-order valence-electron chi connectivity index (χ1n) is 4.77. The number of nitrogen functional groups attached to an aromatic ring is 1. The van der Waals surface area contributed by atoms with Crippen LogP contribution in [-0.2, 0) is 6.54 Å². The molecule has 1 aromatic carbocycles. The molecule has 7 heteroatoms. The molecule has 0 aliphatic carbocycles. The zero-order valence-electron chi connectivity index (χ0n) is 8.71. The summed E-state index contributed by atoms with van der Waals surface area (Å²) in [5.41, 5.74) is 6.42. The van der Waals surface area contributed by atoms with Gasteiger partial charge in [-0.2, -0.15) is 5.10 Å². The normalized spacial score (nSPS) is 10.4. The van der Waals surface area contributed by atoms with E-state index in [2.05, 4.69) is 5.10 Å². The minimum atomic E-state index is -0.505. The second-order valence-corrected chi connectivity index (χ2v) is 3.90. The fraction of sp³-hybridized carbons (Fsp3) is 0.100.